The molecule has 5 nitrogen and oxygen atoms in total. The normalized spacial score (nSPS) is 10.9. The maximum absolute atomic E-state index is 12.7. The van der Waals surface area contributed by atoms with Crippen LogP contribution < -0.4 is 0 Å². The lowest BCUT2D eigenvalue weighted by Gasteiger charge is -2.17. The van der Waals surface area contributed by atoms with Crippen LogP contribution in [0.5, 0.6) is 0 Å². The van der Waals surface area contributed by atoms with Crippen LogP contribution in [0.25, 0.3) is 0 Å². The maximum atomic E-state index is 12.7. The Balaban J connectivity index is 2.23. The second kappa shape index (κ2) is 6.85. The number of hydrogen-bond donors (Lipinski definition) is 0. The summed E-state index contributed by atoms with van der Waals surface area (Å²) in [4.78, 5) is 14.5. The van der Waals surface area contributed by atoms with Crippen LogP contribution in [0.15, 0.2) is 15.4 Å². The molecule has 0 bridgehead atoms. The molecule has 0 aliphatic rings. The Bertz CT molecular complexity index is 628. The van der Waals surface area contributed by atoms with Gasteiger partial charge in [0.2, 0.25) is 0 Å². The molecular formula is C13H18N4OS3. The van der Waals surface area contributed by atoms with Gasteiger partial charge < -0.3 is 4.90 Å². The zero-order valence-corrected chi connectivity index (χ0v) is 15.2. The monoisotopic (exact) mass is 342 g/mol. The van der Waals surface area contributed by atoms with Crippen LogP contribution in [-0.4, -0.2) is 44.5 Å². The SMILES string of the molecule is CSc1nsc(SC)c1C(=O)N(C)Cc1cnn(C)c1C. The van der Waals surface area contributed by atoms with E-state index in [2.05, 4.69) is 9.47 Å². The number of carbonyl (C=O) groups excluding carboxylic acids is 1. The predicted molar refractivity (Wildman–Crippen MR) is 89.4 cm³/mol. The lowest BCUT2D eigenvalue weighted by molar-refractivity contribution is 0.0778. The zero-order chi connectivity index (χ0) is 15.6. The number of nitrogens with zero attached hydrogens (tertiary/aromatic N) is 4. The van der Waals surface area contributed by atoms with Gasteiger partial charge in [0.05, 0.1) is 16.0 Å². The van der Waals surface area contributed by atoms with Crippen LogP contribution in [0.4, 0.5) is 0 Å². The van der Waals surface area contributed by atoms with Crippen molar-refractivity contribution in [3.8, 4) is 0 Å². The molecule has 0 atom stereocenters. The molecule has 0 unspecified atom stereocenters. The first-order valence-electron chi connectivity index (χ1n) is 6.30. The molecule has 0 saturated carbocycles. The molecule has 8 heteroatoms. The molecule has 0 radical (unpaired) electrons. The molecule has 0 saturated heterocycles. The van der Waals surface area contributed by atoms with Gasteiger partial charge in [-0.05, 0) is 31.0 Å². The second-order valence-corrected chi connectivity index (χ2v) is 7.24. The average Bonchev–Trinajstić information content (AvgIpc) is 3.04. The highest BCUT2D eigenvalue weighted by molar-refractivity contribution is 8.01. The fourth-order valence-electron chi connectivity index (χ4n) is 1.94. The first kappa shape index (κ1) is 16.4. The van der Waals surface area contributed by atoms with Gasteiger partial charge in [-0.25, -0.2) is 0 Å². The molecule has 2 aromatic heterocycles. The number of aromatic nitrogens is 3. The van der Waals surface area contributed by atoms with Crippen molar-refractivity contribution in [2.24, 2.45) is 7.05 Å². The molecule has 0 aliphatic heterocycles. The Labute approximate surface area is 137 Å². The molecule has 0 aromatic carbocycles. The Kier molecular flexibility index (Phi) is 5.34. The van der Waals surface area contributed by atoms with Gasteiger partial charge in [0, 0.05) is 31.9 Å². The summed E-state index contributed by atoms with van der Waals surface area (Å²) in [5.41, 5.74) is 2.87. The number of hydrogen-bond acceptors (Lipinski definition) is 6. The fourth-order valence-corrected chi connectivity index (χ4v) is 4.20. The molecule has 2 heterocycles. The Morgan fingerprint density at radius 2 is 2.14 bits per heavy atom. The van der Waals surface area contributed by atoms with Crippen LogP contribution in [0.2, 0.25) is 0 Å². The van der Waals surface area contributed by atoms with Crippen molar-refractivity contribution in [2.75, 3.05) is 19.6 Å². The van der Waals surface area contributed by atoms with Gasteiger partial charge in [0.15, 0.2) is 0 Å². The summed E-state index contributed by atoms with van der Waals surface area (Å²) in [6.07, 6.45) is 5.73. The fraction of sp³-hybridized carbons (Fsp3) is 0.462. The van der Waals surface area contributed by atoms with Crippen LogP contribution in [0, 0.1) is 6.92 Å². The molecule has 0 fully saturated rings. The number of aryl methyl sites for hydroxylation is 1. The van der Waals surface area contributed by atoms with Crippen molar-refractivity contribution in [3.05, 3.63) is 23.0 Å². The first-order chi connectivity index (χ1) is 9.99. The average molecular weight is 343 g/mol. The maximum Gasteiger partial charge on any atom is 0.258 e. The first-order valence-corrected chi connectivity index (χ1v) is 9.52. The minimum absolute atomic E-state index is 0.0145. The van der Waals surface area contributed by atoms with Crippen molar-refractivity contribution in [2.45, 2.75) is 22.7 Å². The summed E-state index contributed by atoms with van der Waals surface area (Å²) in [5, 5.41) is 5.03. The van der Waals surface area contributed by atoms with Crippen LogP contribution in [-0.2, 0) is 13.6 Å². The third kappa shape index (κ3) is 3.27. The summed E-state index contributed by atoms with van der Waals surface area (Å²) in [5.74, 6) is 0.0145. The minimum atomic E-state index is 0.0145. The van der Waals surface area contributed by atoms with E-state index in [9.17, 15) is 4.79 Å². The molecule has 21 heavy (non-hydrogen) atoms. The van der Waals surface area contributed by atoms with Crippen LogP contribution in [0.3, 0.4) is 0 Å². The molecule has 2 aromatic rings. The smallest absolute Gasteiger partial charge is 0.258 e. The summed E-state index contributed by atoms with van der Waals surface area (Å²) < 4.78 is 7.15. The third-order valence-corrected chi connectivity index (χ3v) is 6.05. The van der Waals surface area contributed by atoms with Gasteiger partial charge >= 0.3 is 0 Å². The van der Waals surface area contributed by atoms with Crippen molar-refractivity contribution in [1.29, 1.82) is 0 Å². The van der Waals surface area contributed by atoms with E-state index < -0.39 is 0 Å². The largest absolute Gasteiger partial charge is 0.337 e. The van der Waals surface area contributed by atoms with E-state index in [1.54, 1.807) is 16.7 Å². The third-order valence-electron chi connectivity index (χ3n) is 3.31. The van der Waals surface area contributed by atoms with E-state index in [0.29, 0.717) is 6.54 Å². The Hall–Kier alpha value is -0.990. The van der Waals surface area contributed by atoms with Gasteiger partial charge in [0.25, 0.3) is 5.91 Å². The van der Waals surface area contributed by atoms with Gasteiger partial charge in [-0.2, -0.15) is 9.47 Å². The van der Waals surface area contributed by atoms with Gasteiger partial charge in [-0.3, -0.25) is 9.48 Å². The number of amides is 1. The van der Waals surface area contributed by atoms with E-state index in [1.165, 1.54) is 23.3 Å². The van der Waals surface area contributed by atoms with Crippen molar-refractivity contribution >= 4 is 41.0 Å². The van der Waals surface area contributed by atoms with Crippen molar-refractivity contribution < 1.29 is 4.79 Å². The van der Waals surface area contributed by atoms with E-state index in [0.717, 1.165) is 26.1 Å². The highest BCUT2D eigenvalue weighted by Gasteiger charge is 2.23. The zero-order valence-electron chi connectivity index (χ0n) is 12.7. The van der Waals surface area contributed by atoms with Crippen LogP contribution >= 0.6 is 35.1 Å². The van der Waals surface area contributed by atoms with Gasteiger partial charge in [0.1, 0.15) is 5.03 Å². The predicted octanol–water partition coefficient (Wildman–Crippen LogP) is 2.90. The van der Waals surface area contributed by atoms with E-state index in [1.807, 2.05) is 44.4 Å². The highest BCUT2D eigenvalue weighted by Crippen LogP contribution is 2.33. The number of rotatable bonds is 5. The lowest BCUT2D eigenvalue weighted by atomic mass is 10.2. The molecular weight excluding hydrogens is 324 g/mol. The number of thioether (sulfide) groups is 2. The lowest BCUT2D eigenvalue weighted by Crippen LogP contribution is -2.27. The molecule has 1 amide bonds. The van der Waals surface area contributed by atoms with E-state index >= 15 is 0 Å². The molecule has 0 aliphatic carbocycles. The summed E-state index contributed by atoms with van der Waals surface area (Å²) >= 11 is 4.47. The quantitative estimate of drug-likeness (QED) is 0.782. The topological polar surface area (TPSA) is 51.0 Å². The second-order valence-electron chi connectivity index (χ2n) is 4.60. The molecule has 0 spiro atoms. The number of carbonyl (C=O) groups is 1. The standard InChI is InChI=1S/C13H18N4OS3/c1-8-9(6-14-17(8)3)7-16(2)12(18)10-11(19-4)15-21-13(10)20-5/h6H,7H2,1-5H3. The van der Waals surface area contributed by atoms with E-state index in [-0.39, 0.29) is 5.91 Å². The summed E-state index contributed by atoms with van der Waals surface area (Å²) in [6, 6.07) is 0. The molecule has 0 N–H and O–H groups in total. The van der Waals surface area contributed by atoms with Gasteiger partial charge in [-0.1, -0.05) is 0 Å². The molecule has 2 rings (SSSR count). The highest BCUT2D eigenvalue weighted by atomic mass is 32.2. The minimum Gasteiger partial charge on any atom is -0.337 e. The Morgan fingerprint density at radius 3 is 2.67 bits per heavy atom. The Morgan fingerprint density at radius 1 is 1.43 bits per heavy atom. The van der Waals surface area contributed by atoms with Crippen molar-refractivity contribution in [3.63, 3.8) is 0 Å². The summed E-state index contributed by atoms with van der Waals surface area (Å²) in [6.45, 7) is 2.56. The summed E-state index contributed by atoms with van der Waals surface area (Å²) in [7, 11) is 3.72. The van der Waals surface area contributed by atoms with Crippen molar-refractivity contribution in [1.82, 2.24) is 19.1 Å². The van der Waals surface area contributed by atoms with Gasteiger partial charge in [-0.15, -0.1) is 23.5 Å². The van der Waals surface area contributed by atoms with Crippen LogP contribution in [0.1, 0.15) is 21.6 Å². The van der Waals surface area contributed by atoms with E-state index in [4.69, 9.17) is 0 Å². The molecule has 114 valence electrons.